The lowest BCUT2D eigenvalue weighted by Crippen LogP contribution is -2.21. The highest BCUT2D eigenvalue weighted by molar-refractivity contribution is 5.97. The minimum absolute atomic E-state index is 0.0867. The Kier molecular flexibility index (Phi) is 6.31. The first-order chi connectivity index (χ1) is 13.1. The summed E-state index contributed by atoms with van der Waals surface area (Å²) in [5, 5.41) is 8.38. The maximum atomic E-state index is 12.2. The summed E-state index contributed by atoms with van der Waals surface area (Å²) in [6.45, 7) is 5.27. The van der Waals surface area contributed by atoms with Gasteiger partial charge in [0, 0.05) is 16.8 Å². The van der Waals surface area contributed by atoms with Gasteiger partial charge in [0.25, 0.3) is 0 Å². The van der Waals surface area contributed by atoms with Gasteiger partial charge >= 0.3 is 0 Å². The van der Waals surface area contributed by atoms with Crippen LogP contribution in [-0.4, -0.2) is 19.1 Å². The molecule has 2 N–H and O–H groups in total. The van der Waals surface area contributed by atoms with Crippen molar-refractivity contribution in [3.05, 3.63) is 66.7 Å². The Hall–Kier alpha value is -3.01. The molecule has 27 heavy (non-hydrogen) atoms. The number of benzene rings is 3. The van der Waals surface area contributed by atoms with Crippen LogP contribution in [0.25, 0.3) is 10.8 Å². The summed E-state index contributed by atoms with van der Waals surface area (Å²) in [6, 6.07) is 21.6. The molecule has 1 amide bonds. The topological polar surface area (TPSA) is 50.4 Å². The summed E-state index contributed by atoms with van der Waals surface area (Å²) >= 11 is 0. The van der Waals surface area contributed by atoms with Crippen molar-refractivity contribution < 1.29 is 9.53 Å². The third-order valence-electron chi connectivity index (χ3n) is 4.33. The maximum absolute atomic E-state index is 12.2. The quantitative estimate of drug-likeness (QED) is 0.570. The van der Waals surface area contributed by atoms with E-state index in [1.807, 2.05) is 54.6 Å². The Morgan fingerprint density at radius 2 is 1.70 bits per heavy atom. The zero-order valence-corrected chi connectivity index (χ0v) is 15.9. The zero-order chi connectivity index (χ0) is 19.1. The fourth-order valence-electron chi connectivity index (χ4n) is 2.81. The van der Waals surface area contributed by atoms with Gasteiger partial charge in [-0.05, 0) is 48.1 Å². The minimum atomic E-state index is -0.0867. The third-order valence-corrected chi connectivity index (χ3v) is 4.33. The summed E-state index contributed by atoms with van der Waals surface area (Å²) in [5.74, 6) is 1.36. The Balaban J connectivity index is 1.52. The van der Waals surface area contributed by atoms with Gasteiger partial charge in [0.1, 0.15) is 5.75 Å². The van der Waals surface area contributed by atoms with Crippen LogP contribution in [0.4, 0.5) is 11.4 Å². The summed E-state index contributed by atoms with van der Waals surface area (Å²) in [7, 11) is 0. The van der Waals surface area contributed by atoms with E-state index in [1.54, 1.807) is 0 Å². The van der Waals surface area contributed by atoms with Gasteiger partial charge in [0.15, 0.2) is 0 Å². The molecule has 3 aromatic rings. The lowest BCUT2D eigenvalue weighted by atomic mass is 10.1. The van der Waals surface area contributed by atoms with Crippen LogP contribution in [0.5, 0.6) is 5.75 Å². The standard InChI is InChI=1S/C23H26N2O2/c1-17(2)14-15-27-20-12-10-19(11-13-20)25-23(26)16-24-22-9-5-7-18-6-3-4-8-21(18)22/h3-13,17,24H,14-16H2,1-2H3,(H,25,26). The van der Waals surface area contributed by atoms with Crippen LogP contribution in [-0.2, 0) is 4.79 Å². The number of amides is 1. The first-order valence-corrected chi connectivity index (χ1v) is 9.36. The van der Waals surface area contributed by atoms with Crippen molar-refractivity contribution in [3.8, 4) is 5.75 Å². The summed E-state index contributed by atoms with van der Waals surface area (Å²) < 4.78 is 5.70. The smallest absolute Gasteiger partial charge is 0.243 e. The number of rotatable bonds is 8. The first-order valence-electron chi connectivity index (χ1n) is 9.36. The van der Waals surface area contributed by atoms with E-state index < -0.39 is 0 Å². The number of fused-ring (bicyclic) bond motifs is 1. The molecule has 0 bridgehead atoms. The van der Waals surface area contributed by atoms with Crippen LogP contribution >= 0.6 is 0 Å². The van der Waals surface area contributed by atoms with Gasteiger partial charge < -0.3 is 15.4 Å². The van der Waals surface area contributed by atoms with Gasteiger partial charge in [-0.3, -0.25) is 4.79 Å². The number of nitrogens with one attached hydrogen (secondary N) is 2. The van der Waals surface area contributed by atoms with Crippen molar-refractivity contribution >= 4 is 28.1 Å². The SMILES string of the molecule is CC(C)CCOc1ccc(NC(=O)CNc2cccc3ccccc23)cc1. The number of anilines is 2. The molecule has 0 aromatic heterocycles. The maximum Gasteiger partial charge on any atom is 0.243 e. The van der Waals surface area contributed by atoms with Crippen LogP contribution in [0.15, 0.2) is 66.7 Å². The van der Waals surface area contributed by atoms with Crippen molar-refractivity contribution in [2.75, 3.05) is 23.8 Å². The van der Waals surface area contributed by atoms with E-state index in [0.29, 0.717) is 12.5 Å². The van der Waals surface area contributed by atoms with E-state index in [2.05, 4.69) is 36.6 Å². The Bertz CT molecular complexity index is 883. The monoisotopic (exact) mass is 362 g/mol. The molecule has 0 aliphatic heterocycles. The van der Waals surface area contributed by atoms with Crippen molar-refractivity contribution in [3.63, 3.8) is 0 Å². The van der Waals surface area contributed by atoms with Crippen LogP contribution in [0, 0.1) is 5.92 Å². The van der Waals surface area contributed by atoms with Gasteiger partial charge in [0.05, 0.1) is 13.2 Å². The second kappa shape index (κ2) is 9.08. The number of hydrogen-bond donors (Lipinski definition) is 2. The fourth-order valence-corrected chi connectivity index (χ4v) is 2.81. The highest BCUT2D eigenvalue weighted by atomic mass is 16.5. The highest BCUT2D eigenvalue weighted by Crippen LogP contribution is 2.22. The molecule has 0 radical (unpaired) electrons. The molecular weight excluding hydrogens is 336 g/mol. The second-order valence-corrected chi connectivity index (χ2v) is 6.98. The molecule has 140 valence electrons. The predicted molar refractivity (Wildman–Crippen MR) is 112 cm³/mol. The van der Waals surface area contributed by atoms with E-state index in [0.717, 1.165) is 34.3 Å². The third kappa shape index (κ3) is 5.48. The summed E-state index contributed by atoms with van der Waals surface area (Å²) in [6.07, 6.45) is 1.03. The zero-order valence-electron chi connectivity index (χ0n) is 15.9. The van der Waals surface area contributed by atoms with E-state index in [4.69, 9.17) is 4.74 Å². The minimum Gasteiger partial charge on any atom is -0.494 e. The number of carbonyl (C=O) groups is 1. The average molecular weight is 362 g/mol. The average Bonchev–Trinajstić information content (AvgIpc) is 2.67. The van der Waals surface area contributed by atoms with Gasteiger partial charge in [-0.2, -0.15) is 0 Å². The Labute approximate surface area is 160 Å². The Morgan fingerprint density at radius 1 is 0.963 bits per heavy atom. The number of carbonyl (C=O) groups excluding carboxylic acids is 1. The number of hydrogen-bond acceptors (Lipinski definition) is 3. The molecule has 0 saturated carbocycles. The molecule has 0 spiro atoms. The van der Waals surface area contributed by atoms with Gasteiger partial charge in [0.2, 0.25) is 5.91 Å². The molecule has 0 saturated heterocycles. The van der Waals surface area contributed by atoms with Gasteiger partial charge in [-0.15, -0.1) is 0 Å². The van der Waals surface area contributed by atoms with E-state index >= 15 is 0 Å². The molecule has 3 rings (SSSR count). The van der Waals surface area contributed by atoms with Crippen molar-refractivity contribution in [1.82, 2.24) is 0 Å². The van der Waals surface area contributed by atoms with Gasteiger partial charge in [-0.25, -0.2) is 0 Å². The molecule has 0 aliphatic rings. The molecule has 0 aliphatic carbocycles. The molecule has 0 unspecified atom stereocenters. The second-order valence-electron chi connectivity index (χ2n) is 6.98. The fraction of sp³-hybridized carbons (Fsp3) is 0.261. The molecular formula is C23H26N2O2. The van der Waals surface area contributed by atoms with Crippen LogP contribution in [0.2, 0.25) is 0 Å². The van der Waals surface area contributed by atoms with E-state index in [9.17, 15) is 4.79 Å². The highest BCUT2D eigenvalue weighted by Gasteiger charge is 2.05. The normalized spacial score (nSPS) is 10.8. The predicted octanol–water partition coefficient (Wildman–Crippen LogP) is 5.32. The first kappa shape index (κ1) is 18.8. The Morgan fingerprint density at radius 3 is 2.48 bits per heavy atom. The largest absolute Gasteiger partial charge is 0.494 e. The summed E-state index contributed by atoms with van der Waals surface area (Å²) in [4.78, 5) is 12.2. The van der Waals surface area contributed by atoms with Crippen LogP contribution in [0.3, 0.4) is 0 Å². The molecule has 4 heteroatoms. The van der Waals surface area contributed by atoms with Crippen molar-refractivity contribution in [2.45, 2.75) is 20.3 Å². The van der Waals surface area contributed by atoms with Crippen molar-refractivity contribution in [1.29, 1.82) is 0 Å². The molecule has 3 aromatic carbocycles. The molecule has 0 fully saturated rings. The number of ether oxygens (including phenoxy) is 1. The van der Waals surface area contributed by atoms with Crippen LogP contribution < -0.4 is 15.4 Å². The van der Waals surface area contributed by atoms with Crippen LogP contribution in [0.1, 0.15) is 20.3 Å². The van der Waals surface area contributed by atoms with Gasteiger partial charge in [-0.1, -0.05) is 50.2 Å². The lowest BCUT2D eigenvalue weighted by molar-refractivity contribution is -0.114. The molecule has 4 nitrogen and oxygen atoms in total. The molecule has 0 heterocycles. The molecule has 0 atom stereocenters. The van der Waals surface area contributed by atoms with E-state index in [1.165, 1.54) is 0 Å². The van der Waals surface area contributed by atoms with Crippen molar-refractivity contribution in [2.24, 2.45) is 5.92 Å². The summed E-state index contributed by atoms with van der Waals surface area (Å²) in [5.41, 5.74) is 1.72. The van der Waals surface area contributed by atoms with E-state index in [-0.39, 0.29) is 12.5 Å². The lowest BCUT2D eigenvalue weighted by Gasteiger charge is -2.11.